The Labute approximate surface area is 180 Å². The van der Waals surface area contributed by atoms with Crippen LogP contribution in [0.4, 0.5) is 0 Å². The summed E-state index contributed by atoms with van der Waals surface area (Å²) < 4.78 is 1.59. The topological polar surface area (TPSA) is 110 Å². The zero-order chi connectivity index (χ0) is 20.8. The Kier molecular flexibility index (Phi) is 4.98. The number of hydrogen-bond acceptors (Lipinski definition) is 7. The van der Waals surface area contributed by atoms with E-state index in [1.54, 1.807) is 22.8 Å². The van der Waals surface area contributed by atoms with E-state index in [9.17, 15) is 14.4 Å². The minimum Gasteiger partial charge on any atom is -0.350 e. The van der Waals surface area contributed by atoms with E-state index in [1.807, 2.05) is 17.5 Å². The van der Waals surface area contributed by atoms with E-state index < -0.39 is 16.5 Å². The molecule has 0 spiro atoms. The predicted octanol–water partition coefficient (Wildman–Crippen LogP) is 2.55. The lowest BCUT2D eigenvalue weighted by atomic mass is 10.3. The van der Waals surface area contributed by atoms with E-state index >= 15 is 0 Å². The number of nitrogens with one attached hydrogen (secondary N) is 2. The molecule has 10 heteroatoms. The maximum absolute atomic E-state index is 12.7. The molecule has 0 bridgehead atoms. The van der Waals surface area contributed by atoms with Crippen molar-refractivity contribution < 1.29 is 4.79 Å². The maximum Gasteiger partial charge on any atom is 0.330 e. The first-order chi connectivity index (χ1) is 14.5. The van der Waals surface area contributed by atoms with Crippen molar-refractivity contribution in [1.29, 1.82) is 0 Å². The van der Waals surface area contributed by atoms with Gasteiger partial charge in [-0.05, 0) is 44.1 Å². The molecule has 0 aromatic carbocycles. The number of aromatic amines is 1. The van der Waals surface area contributed by atoms with Crippen LogP contribution in [-0.2, 0) is 11.3 Å². The van der Waals surface area contributed by atoms with Crippen molar-refractivity contribution in [2.45, 2.75) is 61.4 Å². The molecule has 0 unspecified atom stereocenters. The highest BCUT2D eigenvalue weighted by atomic mass is 32.2. The van der Waals surface area contributed by atoms with Gasteiger partial charge in [-0.3, -0.25) is 19.1 Å². The average molecular weight is 444 g/mol. The molecule has 0 aliphatic heterocycles. The van der Waals surface area contributed by atoms with Gasteiger partial charge in [-0.25, -0.2) is 14.8 Å². The summed E-state index contributed by atoms with van der Waals surface area (Å²) in [7, 11) is 0. The molecule has 3 aromatic heterocycles. The average Bonchev–Trinajstić information content (AvgIpc) is 3.65. The van der Waals surface area contributed by atoms with E-state index in [2.05, 4.69) is 20.3 Å². The summed E-state index contributed by atoms with van der Waals surface area (Å²) in [5, 5.41) is 5.22. The Bertz CT molecular complexity index is 1230. The van der Waals surface area contributed by atoms with Crippen LogP contribution in [0.5, 0.6) is 0 Å². The lowest BCUT2D eigenvalue weighted by molar-refractivity contribution is -0.120. The molecular weight excluding hydrogens is 422 g/mol. The molecule has 2 aliphatic carbocycles. The third kappa shape index (κ3) is 3.81. The van der Waals surface area contributed by atoms with Crippen LogP contribution in [0.1, 0.15) is 55.3 Å². The lowest BCUT2D eigenvalue weighted by Crippen LogP contribution is -2.32. The summed E-state index contributed by atoms with van der Waals surface area (Å²) in [6.45, 7) is 2.27. The summed E-state index contributed by atoms with van der Waals surface area (Å²) in [6.07, 6.45) is 3.80. The van der Waals surface area contributed by atoms with Crippen molar-refractivity contribution in [2.75, 3.05) is 0 Å². The largest absolute Gasteiger partial charge is 0.350 e. The van der Waals surface area contributed by atoms with Crippen LogP contribution in [0.15, 0.2) is 32.1 Å². The molecule has 3 heterocycles. The quantitative estimate of drug-likeness (QED) is 0.429. The number of thioether (sulfide) groups is 1. The number of rotatable bonds is 7. The van der Waals surface area contributed by atoms with Crippen LogP contribution in [0.25, 0.3) is 11.0 Å². The van der Waals surface area contributed by atoms with Gasteiger partial charge in [0, 0.05) is 16.8 Å². The Morgan fingerprint density at radius 3 is 2.80 bits per heavy atom. The summed E-state index contributed by atoms with van der Waals surface area (Å²) >= 11 is 2.83. The number of thiophene rings is 1. The second-order valence-corrected chi connectivity index (χ2v) is 10.1. The Balaban J connectivity index is 1.50. The fourth-order valence-electron chi connectivity index (χ4n) is 3.37. The highest BCUT2D eigenvalue weighted by Crippen LogP contribution is 2.41. The molecule has 1 atom stereocenters. The highest BCUT2D eigenvalue weighted by molar-refractivity contribution is 8.00. The van der Waals surface area contributed by atoms with E-state index in [4.69, 9.17) is 0 Å². The van der Waals surface area contributed by atoms with Gasteiger partial charge in [-0.1, -0.05) is 17.8 Å². The van der Waals surface area contributed by atoms with Crippen molar-refractivity contribution >= 4 is 40.0 Å². The smallest absolute Gasteiger partial charge is 0.330 e. The van der Waals surface area contributed by atoms with Crippen molar-refractivity contribution in [3.05, 3.63) is 49.1 Å². The summed E-state index contributed by atoms with van der Waals surface area (Å²) in [4.78, 5) is 50.5. The minimum absolute atomic E-state index is 0.0724. The molecule has 2 saturated carbocycles. The molecule has 8 nitrogen and oxygen atoms in total. The summed E-state index contributed by atoms with van der Waals surface area (Å²) in [5.41, 5.74) is -0.520. The number of aromatic nitrogens is 4. The van der Waals surface area contributed by atoms with Gasteiger partial charge in [0.05, 0.1) is 11.8 Å². The molecule has 156 valence electrons. The zero-order valence-electron chi connectivity index (χ0n) is 16.4. The van der Waals surface area contributed by atoms with Crippen molar-refractivity contribution in [3.8, 4) is 0 Å². The predicted molar refractivity (Wildman–Crippen MR) is 116 cm³/mol. The number of carbonyl (C=O) groups is 1. The van der Waals surface area contributed by atoms with E-state index in [1.165, 1.54) is 11.8 Å². The van der Waals surface area contributed by atoms with Crippen LogP contribution in [0, 0.1) is 0 Å². The number of amides is 1. The SMILES string of the molecule is C[C@@H](Sc1nc(C2CC2)nc2c1c(=O)[nH]c(=O)n2C1CC1)C(=O)NCc1cccs1. The molecule has 0 saturated heterocycles. The van der Waals surface area contributed by atoms with Crippen LogP contribution >= 0.6 is 23.1 Å². The van der Waals surface area contributed by atoms with Crippen LogP contribution in [0.2, 0.25) is 0 Å². The van der Waals surface area contributed by atoms with Crippen molar-refractivity contribution in [3.63, 3.8) is 0 Å². The van der Waals surface area contributed by atoms with Crippen LogP contribution in [-0.4, -0.2) is 30.7 Å². The normalized spacial score (nSPS) is 17.2. The molecule has 30 heavy (non-hydrogen) atoms. The first-order valence-corrected chi connectivity index (χ1v) is 11.8. The third-order valence-electron chi connectivity index (χ3n) is 5.30. The molecule has 2 N–H and O–H groups in total. The molecule has 1 amide bonds. The number of nitrogens with zero attached hydrogens (tertiary/aromatic N) is 3. The van der Waals surface area contributed by atoms with Gasteiger partial charge in [0.2, 0.25) is 5.91 Å². The van der Waals surface area contributed by atoms with Gasteiger partial charge in [0.25, 0.3) is 5.56 Å². The van der Waals surface area contributed by atoms with E-state index in [0.717, 1.165) is 30.6 Å². The van der Waals surface area contributed by atoms with E-state index in [-0.39, 0.29) is 17.9 Å². The summed E-state index contributed by atoms with van der Waals surface area (Å²) in [6, 6.07) is 3.99. The number of hydrogen-bond donors (Lipinski definition) is 2. The lowest BCUT2D eigenvalue weighted by Gasteiger charge is -2.15. The molecule has 2 aliphatic rings. The molecule has 0 radical (unpaired) electrons. The fraction of sp³-hybridized carbons (Fsp3) is 0.450. The van der Waals surface area contributed by atoms with Gasteiger partial charge in [0.15, 0.2) is 5.65 Å². The number of carbonyl (C=O) groups excluding carboxylic acids is 1. The molecule has 5 rings (SSSR count). The second kappa shape index (κ2) is 7.66. The maximum atomic E-state index is 12.7. The zero-order valence-corrected chi connectivity index (χ0v) is 18.0. The van der Waals surface area contributed by atoms with Crippen LogP contribution in [0.3, 0.4) is 0 Å². The monoisotopic (exact) mass is 443 g/mol. The standard InChI is InChI=1S/C20H21N5O3S2/c1-10(17(26)21-9-13-3-2-8-29-13)30-19-14-16(22-15(23-19)11-4-5-11)25(12-6-7-12)20(28)24-18(14)27/h2-3,8,10-12H,4-7,9H2,1H3,(H,21,26)(H,24,27,28)/t10-/m1/s1. The van der Waals surface area contributed by atoms with Gasteiger partial charge >= 0.3 is 5.69 Å². The van der Waals surface area contributed by atoms with Gasteiger partial charge in [0.1, 0.15) is 16.2 Å². The van der Waals surface area contributed by atoms with Gasteiger partial charge in [-0.15, -0.1) is 11.3 Å². The highest BCUT2D eigenvalue weighted by Gasteiger charge is 2.32. The second-order valence-electron chi connectivity index (χ2n) is 7.78. The first-order valence-electron chi connectivity index (χ1n) is 10.0. The molecular formula is C20H21N5O3S2. The Hall–Kier alpha value is -2.46. The summed E-state index contributed by atoms with van der Waals surface area (Å²) in [5.74, 6) is 0.800. The van der Waals surface area contributed by atoms with E-state index in [0.29, 0.717) is 28.4 Å². The van der Waals surface area contributed by atoms with Crippen LogP contribution < -0.4 is 16.6 Å². The Morgan fingerprint density at radius 1 is 1.33 bits per heavy atom. The third-order valence-corrected chi connectivity index (χ3v) is 7.26. The number of fused-ring (bicyclic) bond motifs is 1. The fourth-order valence-corrected chi connectivity index (χ4v) is 4.98. The number of H-pyrrole nitrogens is 1. The first kappa shape index (κ1) is 19.5. The van der Waals surface area contributed by atoms with Crippen molar-refractivity contribution in [2.24, 2.45) is 0 Å². The minimum atomic E-state index is -0.497. The van der Waals surface area contributed by atoms with Gasteiger partial charge in [-0.2, -0.15) is 0 Å². The Morgan fingerprint density at radius 2 is 2.13 bits per heavy atom. The van der Waals surface area contributed by atoms with Crippen molar-refractivity contribution in [1.82, 2.24) is 24.8 Å². The molecule has 2 fully saturated rings. The van der Waals surface area contributed by atoms with Gasteiger partial charge < -0.3 is 5.32 Å². The molecule has 3 aromatic rings.